The molecular weight excluding hydrogens is 370 g/mol. The fourth-order valence-electron chi connectivity index (χ4n) is 4.18. The summed E-state index contributed by atoms with van der Waals surface area (Å²) < 4.78 is 7.26. The molecule has 0 aliphatic carbocycles. The molecular formula is C22H29N3O4. The fourth-order valence-corrected chi connectivity index (χ4v) is 4.18. The average Bonchev–Trinajstić information content (AvgIpc) is 3.24. The van der Waals surface area contributed by atoms with Gasteiger partial charge in [0.1, 0.15) is 5.75 Å². The highest BCUT2D eigenvalue weighted by atomic mass is 16.5. The molecule has 1 N–H and O–H groups in total. The van der Waals surface area contributed by atoms with Gasteiger partial charge in [-0.3, -0.25) is 9.48 Å². The molecule has 0 saturated carbocycles. The van der Waals surface area contributed by atoms with Gasteiger partial charge in [-0.15, -0.1) is 0 Å². The maximum Gasteiger partial charge on any atom is 0.335 e. The molecule has 3 rings (SSSR count). The van der Waals surface area contributed by atoms with Crippen molar-refractivity contribution in [1.82, 2.24) is 14.7 Å². The van der Waals surface area contributed by atoms with Crippen LogP contribution in [0.5, 0.6) is 5.75 Å². The van der Waals surface area contributed by atoms with Crippen molar-refractivity contribution in [3.05, 3.63) is 46.3 Å². The molecule has 7 heteroatoms. The zero-order valence-corrected chi connectivity index (χ0v) is 17.6. The predicted octanol–water partition coefficient (Wildman–Crippen LogP) is 2.77. The number of aryl methyl sites for hydroxylation is 2. The summed E-state index contributed by atoms with van der Waals surface area (Å²) in [6.45, 7) is 5.46. The van der Waals surface area contributed by atoms with Crippen LogP contribution < -0.4 is 4.74 Å². The number of hydrogen-bond donors (Lipinski definition) is 1. The first-order chi connectivity index (χ1) is 13.8. The number of carbonyl (C=O) groups excluding carboxylic acids is 1. The SMILES string of the molecule is COc1ccc(C(=O)O)cc1CC1CCN(C(=O)CCc2c(C)nn(C)c2C)C1. The lowest BCUT2D eigenvalue weighted by Gasteiger charge is -2.17. The lowest BCUT2D eigenvalue weighted by Crippen LogP contribution is -2.29. The van der Waals surface area contributed by atoms with Gasteiger partial charge in [0.25, 0.3) is 0 Å². The zero-order valence-electron chi connectivity index (χ0n) is 17.6. The van der Waals surface area contributed by atoms with Gasteiger partial charge < -0.3 is 14.7 Å². The van der Waals surface area contributed by atoms with Crippen LogP contribution in [0, 0.1) is 19.8 Å². The summed E-state index contributed by atoms with van der Waals surface area (Å²) in [7, 11) is 3.51. The molecule has 1 unspecified atom stereocenters. The molecule has 1 atom stereocenters. The van der Waals surface area contributed by atoms with Crippen molar-refractivity contribution in [2.75, 3.05) is 20.2 Å². The third-order valence-electron chi connectivity index (χ3n) is 5.92. The van der Waals surface area contributed by atoms with Gasteiger partial charge in [0.05, 0.1) is 18.4 Å². The molecule has 1 aliphatic rings. The van der Waals surface area contributed by atoms with Crippen LogP contribution in [0.1, 0.15) is 45.7 Å². The van der Waals surface area contributed by atoms with E-state index in [4.69, 9.17) is 4.74 Å². The molecule has 1 aromatic heterocycles. The molecule has 156 valence electrons. The van der Waals surface area contributed by atoms with Crippen molar-refractivity contribution in [3.63, 3.8) is 0 Å². The van der Waals surface area contributed by atoms with Crippen molar-refractivity contribution in [2.24, 2.45) is 13.0 Å². The number of likely N-dealkylation sites (tertiary alicyclic amines) is 1. The standard InChI is InChI=1S/C22H29N3O4/c1-14-19(15(2)24(3)23-14)6-8-21(26)25-10-9-16(13-25)11-18-12-17(22(27)28)5-7-20(18)29-4/h5,7,12,16H,6,8-11,13H2,1-4H3,(H,27,28). The molecule has 0 bridgehead atoms. The van der Waals surface area contributed by atoms with Crippen molar-refractivity contribution in [1.29, 1.82) is 0 Å². The molecule has 2 heterocycles. The second-order valence-corrected chi connectivity index (χ2v) is 7.80. The normalized spacial score (nSPS) is 16.3. The van der Waals surface area contributed by atoms with E-state index in [1.807, 2.05) is 30.5 Å². The summed E-state index contributed by atoms with van der Waals surface area (Å²) in [4.78, 5) is 25.9. The molecule has 29 heavy (non-hydrogen) atoms. The number of carboxylic acids is 1. The van der Waals surface area contributed by atoms with E-state index < -0.39 is 5.97 Å². The van der Waals surface area contributed by atoms with Crippen LogP contribution >= 0.6 is 0 Å². The maximum atomic E-state index is 12.7. The number of methoxy groups -OCH3 is 1. The van der Waals surface area contributed by atoms with Gasteiger partial charge >= 0.3 is 5.97 Å². The van der Waals surface area contributed by atoms with E-state index in [0.717, 1.165) is 35.5 Å². The van der Waals surface area contributed by atoms with E-state index in [0.29, 0.717) is 37.5 Å². The third-order valence-corrected chi connectivity index (χ3v) is 5.92. The highest BCUT2D eigenvalue weighted by molar-refractivity contribution is 5.88. The molecule has 1 aliphatic heterocycles. The number of nitrogens with zero attached hydrogens (tertiary/aromatic N) is 3. The van der Waals surface area contributed by atoms with Crippen molar-refractivity contribution < 1.29 is 19.4 Å². The largest absolute Gasteiger partial charge is 0.496 e. The molecule has 2 aromatic rings. The number of amides is 1. The molecule has 7 nitrogen and oxygen atoms in total. The molecule has 0 radical (unpaired) electrons. The monoisotopic (exact) mass is 399 g/mol. The molecule has 1 aromatic carbocycles. The maximum absolute atomic E-state index is 12.7. The number of aromatic carboxylic acids is 1. The highest BCUT2D eigenvalue weighted by Gasteiger charge is 2.27. The van der Waals surface area contributed by atoms with Gasteiger partial charge in [0, 0.05) is 32.3 Å². The van der Waals surface area contributed by atoms with Gasteiger partial charge in [0.15, 0.2) is 0 Å². The molecule has 1 amide bonds. The summed E-state index contributed by atoms with van der Waals surface area (Å²) in [5, 5.41) is 13.7. The summed E-state index contributed by atoms with van der Waals surface area (Å²) in [5.41, 5.74) is 4.40. The van der Waals surface area contributed by atoms with Crippen molar-refractivity contribution >= 4 is 11.9 Å². The van der Waals surface area contributed by atoms with Crippen LogP contribution in [0.2, 0.25) is 0 Å². The van der Waals surface area contributed by atoms with Gasteiger partial charge in [0.2, 0.25) is 5.91 Å². The number of ether oxygens (including phenoxy) is 1. The first-order valence-electron chi connectivity index (χ1n) is 9.97. The van der Waals surface area contributed by atoms with Gasteiger partial charge in [-0.05, 0) is 68.4 Å². The van der Waals surface area contributed by atoms with E-state index in [2.05, 4.69) is 5.10 Å². The number of rotatable bonds is 7. The van der Waals surface area contributed by atoms with Crippen LogP contribution in [0.3, 0.4) is 0 Å². The number of hydrogen-bond acceptors (Lipinski definition) is 4. The van der Waals surface area contributed by atoms with Gasteiger partial charge in [-0.2, -0.15) is 5.10 Å². The Morgan fingerprint density at radius 3 is 2.69 bits per heavy atom. The first kappa shape index (κ1) is 20.9. The average molecular weight is 399 g/mol. The second kappa shape index (κ2) is 8.68. The Labute approximate surface area is 171 Å². The second-order valence-electron chi connectivity index (χ2n) is 7.80. The van der Waals surface area contributed by atoms with Crippen LogP contribution in [0.15, 0.2) is 18.2 Å². The number of aromatic nitrogens is 2. The fraction of sp³-hybridized carbons (Fsp3) is 0.500. The van der Waals surface area contributed by atoms with Crippen LogP contribution in [0.25, 0.3) is 0 Å². The minimum Gasteiger partial charge on any atom is -0.496 e. The first-order valence-corrected chi connectivity index (χ1v) is 9.97. The van der Waals surface area contributed by atoms with Crippen LogP contribution in [-0.2, 0) is 24.7 Å². The van der Waals surface area contributed by atoms with E-state index in [1.54, 1.807) is 25.3 Å². The highest BCUT2D eigenvalue weighted by Crippen LogP contribution is 2.28. The minimum absolute atomic E-state index is 0.168. The Balaban J connectivity index is 1.59. The summed E-state index contributed by atoms with van der Waals surface area (Å²) in [5.74, 6) is 0.223. The van der Waals surface area contributed by atoms with Gasteiger partial charge in [-0.1, -0.05) is 0 Å². The number of carbonyl (C=O) groups is 2. The lowest BCUT2D eigenvalue weighted by atomic mass is 9.96. The molecule has 0 spiro atoms. The van der Waals surface area contributed by atoms with Gasteiger partial charge in [-0.25, -0.2) is 4.79 Å². The summed E-state index contributed by atoms with van der Waals surface area (Å²) in [6, 6.07) is 4.94. The Bertz CT molecular complexity index is 919. The summed E-state index contributed by atoms with van der Waals surface area (Å²) in [6.07, 6.45) is 2.81. The topological polar surface area (TPSA) is 84.7 Å². The Morgan fingerprint density at radius 1 is 1.31 bits per heavy atom. The Kier molecular flexibility index (Phi) is 6.25. The van der Waals surface area contributed by atoms with E-state index >= 15 is 0 Å². The smallest absolute Gasteiger partial charge is 0.335 e. The quantitative estimate of drug-likeness (QED) is 0.774. The Hall–Kier alpha value is -2.83. The van der Waals surface area contributed by atoms with E-state index in [1.165, 1.54) is 0 Å². The van der Waals surface area contributed by atoms with Crippen LogP contribution in [0.4, 0.5) is 0 Å². The third kappa shape index (κ3) is 4.60. The molecule has 1 fully saturated rings. The lowest BCUT2D eigenvalue weighted by molar-refractivity contribution is -0.130. The van der Waals surface area contributed by atoms with E-state index in [-0.39, 0.29) is 11.5 Å². The summed E-state index contributed by atoms with van der Waals surface area (Å²) >= 11 is 0. The number of carboxylic acid groups (broad SMARTS) is 1. The van der Waals surface area contributed by atoms with E-state index in [9.17, 15) is 14.7 Å². The predicted molar refractivity (Wildman–Crippen MR) is 109 cm³/mol. The Morgan fingerprint density at radius 2 is 2.07 bits per heavy atom. The van der Waals surface area contributed by atoms with Crippen LogP contribution in [-0.4, -0.2) is 51.9 Å². The van der Waals surface area contributed by atoms with Crippen molar-refractivity contribution in [2.45, 2.75) is 39.5 Å². The molecule has 1 saturated heterocycles. The minimum atomic E-state index is -0.946. The zero-order chi connectivity index (χ0) is 21.1. The number of benzene rings is 1. The van der Waals surface area contributed by atoms with Crippen molar-refractivity contribution in [3.8, 4) is 5.75 Å².